The van der Waals surface area contributed by atoms with E-state index in [2.05, 4.69) is 5.32 Å². The van der Waals surface area contributed by atoms with Crippen molar-refractivity contribution < 1.29 is 19.1 Å². The van der Waals surface area contributed by atoms with E-state index in [-0.39, 0.29) is 13.2 Å². The minimum Gasteiger partial charge on any atom is -0.378 e. The maximum Gasteiger partial charge on any atom is 0.330 e. The summed E-state index contributed by atoms with van der Waals surface area (Å²) in [5, 5.41) is 2.17. The molecule has 0 spiro atoms. The molecular weight excluding hydrogens is 250 g/mol. The Hall–Kier alpha value is -1.47. The molecule has 7 nitrogen and oxygen atoms in total. The smallest absolute Gasteiger partial charge is 0.330 e. The second-order valence-corrected chi connectivity index (χ2v) is 5.26. The molecule has 0 aliphatic carbocycles. The summed E-state index contributed by atoms with van der Waals surface area (Å²) < 4.78 is 5.34. The van der Waals surface area contributed by atoms with E-state index in [9.17, 15) is 14.4 Å². The fraction of sp³-hybridized carbons (Fsp3) is 0.750. The highest BCUT2D eigenvalue weighted by molar-refractivity contribution is 6.18. The summed E-state index contributed by atoms with van der Waals surface area (Å²) in [5.41, 5.74) is -1.21. The lowest BCUT2D eigenvalue weighted by Gasteiger charge is -2.34. The number of likely N-dealkylation sites (N-methyl/N-ethyl adjacent to an activating group) is 1. The first-order chi connectivity index (χ1) is 8.76. The SMILES string of the molecule is CN(C)CCOCCN1C(=O)NC(=O)C(C)(C)C1=O. The quantitative estimate of drug-likeness (QED) is 0.528. The summed E-state index contributed by atoms with van der Waals surface area (Å²) >= 11 is 0. The maximum absolute atomic E-state index is 12.0. The van der Waals surface area contributed by atoms with Crippen LogP contribution in [-0.4, -0.2) is 68.0 Å². The van der Waals surface area contributed by atoms with Crippen LogP contribution in [0.4, 0.5) is 4.79 Å². The Morgan fingerprint density at radius 2 is 1.84 bits per heavy atom. The first-order valence-electron chi connectivity index (χ1n) is 6.16. The van der Waals surface area contributed by atoms with Gasteiger partial charge in [0.15, 0.2) is 0 Å². The summed E-state index contributed by atoms with van der Waals surface area (Å²) in [5.74, 6) is -1.05. The Bertz CT molecular complexity index is 379. The Balaban J connectivity index is 2.46. The molecule has 0 aromatic heterocycles. The van der Waals surface area contributed by atoms with Crippen molar-refractivity contribution in [3.63, 3.8) is 0 Å². The van der Waals surface area contributed by atoms with E-state index in [1.807, 2.05) is 19.0 Å². The van der Waals surface area contributed by atoms with Gasteiger partial charge in [-0.05, 0) is 27.9 Å². The molecule has 1 heterocycles. The fourth-order valence-electron chi connectivity index (χ4n) is 1.56. The van der Waals surface area contributed by atoms with Crippen molar-refractivity contribution in [2.75, 3.05) is 40.4 Å². The molecule has 4 amide bonds. The van der Waals surface area contributed by atoms with E-state index in [1.54, 1.807) is 0 Å². The number of nitrogens with zero attached hydrogens (tertiary/aromatic N) is 2. The summed E-state index contributed by atoms with van der Waals surface area (Å²) in [6, 6.07) is -0.675. The molecule has 0 bridgehead atoms. The highest BCUT2D eigenvalue weighted by Gasteiger charge is 2.46. The number of ether oxygens (including phenoxy) is 1. The molecule has 0 atom stereocenters. The highest BCUT2D eigenvalue weighted by Crippen LogP contribution is 2.22. The van der Waals surface area contributed by atoms with Crippen LogP contribution < -0.4 is 5.32 Å². The van der Waals surface area contributed by atoms with Crippen molar-refractivity contribution in [3.05, 3.63) is 0 Å². The third kappa shape index (κ3) is 3.74. The Labute approximate surface area is 112 Å². The van der Waals surface area contributed by atoms with Gasteiger partial charge in [0.1, 0.15) is 5.41 Å². The molecule has 0 saturated carbocycles. The van der Waals surface area contributed by atoms with E-state index < -0.39 is 23.3 Å². The minimum absolute atomic E-state index is 0.148. The second kappa shape index (κ2) is 6.12. The number of hydrogen-bond acceptors (Lipinski definition) is 5. The lowest BCUT2D eigenvalue weighted by molar-refractivity contribution is -0.149. The van der Waals surface area contributed by atoms with Crippen molar-refractivity contribution in [3.8, 4) is 0 Å². The zero-order valence-corrected chi connectivity index (χ0v) is 11.9. The van der Waals surface area contributed by atoms with Crippen molar-refractivity contribution in [1.82, 2.24) is 15.1 Å². The van der Waals surface area contributed by atoms with Gasteiger partial charge in [0.2, 0.25) is 11.8 Å². The Kier molecular flexibility index (Phi) is 5.02. The monoisotopic (exact) mass is 271 g/mol. The zero-order valence-electron chi connectivity index (χ0n) is 11.9. The number of carbonyl (C=O) groups is 3. The van der Waals surface area contributed by atoms with Crippen LogP contribution >= 0.6 is 0 Å². The highest BCUT2D eigenvalue weighted by atomic mass is 16.5. The lowest BCUT2D eigenvalue weighted by atomic mass is 9.89. The lowest BCUT2D eigenvalue weighted by Crippen LogP contribution is -2.62. The van der Waals surface area contributed by atoms with Crippen LogP contribution in [0.15, 0.2) is 0 Å². The summed E-state index contributed by atoms with van der Waals surface area (Å²) in [7, 11) is 3.86. The van der Waals surface area contributed by atoms with Crippen LogP contribution in [0.2, 0.25) is 0 Å². The first kappa shape index (κ1) is 15.6. The summed E-state index contributed by atoms with van der Waals surface area (Å²) in [4.78, 5) is 38.1. The number of rotatable bonds is 6. The Morgan fingerprint density at radius 3 is 2.42 bits per heavy atom. The largest absolute Gasteiger partial charge is 0.378 e. The van der Waals surface area contributed by atoms with Crippen molar-refractivity contribution in [1.29, 1.82) is 0 Å². The van der Waals surface area contributed by atoms with Crippen LogP contribution in [0.25, 0.3) is 0 Å². The van der Waals surface area contributed by atoms with Gasteiger partial charge in [0, 0.05) is 6.54 Å². The topological polar surface area (TPSA) is 79.0 Å². The van der Waals surface area contributed by atoms with Gasteiger partial charge < -0.3 is 9.64 Å². The second-order valence-electron chi connectivity index (χ2n) is 5.26. The van der Waals surface area contributed by atoms with Crippen LogP contribution in [0.3, 0.4) is 0 Å². The number of barbiturate groups is 1. The predicted octanol–water partition coefficient (Wildman–Crippen LogP) is -0.331. The molecule has 0 unspecified atom stereocenters. The molecule has 0 aromatic carbocycles. The number of urea groups is 1. The normalized spacial score (nSPS) is 19.0. The van der Waals surface area contributed by atoms with Crippen molar-refractivity contribution in [2.24, 2.45) is 5.41 Å². The van der Waals surface area contributed by atoms with Gasteiger partial charge in [-0.2, -0.15) is 0 Å². The summed E-state index contributed by atoms with van der Waals surface area (Å²) in [6.45, 7) is 4.70. The minimum atomic E-state index is -1.21. The molecule has 108 valence electrons. The van der Waals surface area contributed by atoms with Gasteiger partial charge in [-0.15, -0.1) is 0 Å². The average Bonchev–Trinajstić information content (AvgIpc) is 2.30. The zero-order chi connectivity index (χ0) is 14.6. The van der Waals surface area contributed by atoms with Crippen LogP contribution in [0, 0.1) is 5.41 Å². The molecule has 1 aliphatic heterocycles. The predicted molar refractivity (Wildman–Crippen MR) is 68.4 cm³/mol. The van der Waals surface area contributed by atoms with E-state index >= 15 is 0 Å². The fourth-order valence-corrected chi connectivity index (χ4v) is 1.56. The standard InChI is InChI=1S/C12H21N3O4/c1-12(2)9(16)13-11(18)15(10(12)17)6-8-19-7-5-14(3)4/h5-8H2,1-4H3,(H,13,16,18). The van der Waals surface area contributed by atoms with Gasteiger partial charge in [-0.1, -0.05) is 0 Å². The third-order valence-corrected chi connectivity index (χ3v) is 2.96. The number of amides is 4. The van der Waals surface area contributed by atoms with Gasteiger partial charge in [0.25, 0.3) is 0 Å². The Morgan fingerprint density at radius 1 is 1.21 bits per heavy atom. The summed E-state index contributed by atoms with van der Waals surface area (Å²) in [6.07, 6.45) is 0. The average molecular weight is 271 g/mol. The molecule has 19 heavy (non-hydrogen) atoms. The maximum atomic E-state index is 12.0. The molecule has 1 saturated heterocycles. The van der Waals surface area contributed by atoms with Crippen molar-refractivity contribution >= 4 is 17.8 Å². The van der Waals surface area contributed by atoms with Crippen molar-refractivity contribution in [2.45, 2.75) is 13.8 Å². The van der Waals surface area contributed by atoms with E-state index in [0.29, 0.717) is 6.61 Å². The number of imide groups is 2. The molecule has 1 aliphatic rings. The number of hydrogen-bond donors (Lipinski definition) is 1. The molecule has 7 heteroatoms. The first-order valence-corrected chi connectivity index (χ1v) is 6.16. The van der Waals surface area contributed by atoms with E-state index in [0.717, 1.165) is 11.4 Å². The van der Waals surface area contributed by atoms with Gasteiger partial charge in [-0.25, -0.2) is 4.79 Å². The number of carbonyl (C=O) groups excluding carboxylic acids is 3. The van der Waals surface area contributed by atoms with Gasteiger partial charge >= 0.3 is 6.03 Å². The number of nitrogens with one attached hydrogen (secondary N) is 1. The molecule has 1 N–H and O–H groups in total. The van der Waals surface area contributed by atoms with E-state index in [1.165, 1.54) is 13.8 Å². The molecule has 1 fully saturated rings. The third-order valence-electron chi connectivity index (χ3n) is 2.96. The van der Waals surface area contributed by atoms with E-state index in [4.69, 9.17) is 4.74 Å². The van der Waals surface area contributed by atoms with Crippen LogP contribution in [0.1, 0.15) is 13.8 Å². The van der Waals surface area contributed by atoms with Gasteiger partial charge in [-0.3, -0.25) is 19.8 Å². The molecule has 0 aromatic rings. The molecule has 0 radical (unpaired) electrons. The molecular formula is C12H21N3O4. The van der Waals surface area contributed by atoms with Crippen LogP contribution in [0.5, 0.6) is 0 Å². The molecule has 1 rings (SSSR count). The van der Waals surface area contributed by atoms with Gasteiger partial charge in [0.05, 0.1) is 19.8 Å². The van der Waals surface area contributed by atoms with Crippen LogP contribution in [-0.2, 0) is 14.3 Å².